The number of ether oxygens (including phenoxy) is 1. The molecule has 2 N–H and O–H groups in total. The second-order valence-corrected chi connectivity index (χ2v) is 5.72. The Morgan fingerprint density at radius 2 is 1.92 bits per heavy atom. The fraction of sp³-hybridized carbons (Fsp3) is 0.294. The zero-order chi connectivity index (χ0) is 16.4. The first-order valence-corrected chi connectivity index (χ1v) is 8.00. The highest BCUT2D eigenvalue weighted by molar-refractivity contribution is 5.60. The molecule has 0 amide bonds. The van der Waals surface area contributed by atoms with Crippen molar-refractivity contribution in [1.82, 2.24) is 25.1 Å². The summed E-state index contributed by atoms with van der Waals surface area (Å²) in [5.74, 6) is 2.72. The van der Waals surface area contributed by atoms with Crippen LogP contribution < -0.4 is 10.1 Å². The molecule has 0 bridgehead atoms. The Morgan fingerprint density at radius 3 is 2.75 bits per heavy atom. The van der Waals surface area contributed by atoms with Gasteiger partial charge < -0.3 is 10.1 Å². The van der Waals surface area contributed by atoms with Crippen molar-refractivity contribution in [1.29, 1.82) is 0 Å². The van der Waals surface area contributed by atoms with Gasteiger partial charge in [0.2, 0.25) is 5.95 Å². The number of H-pyrrole nitrogens is 1. The van der Waals surface area contributed by atoms with Gasteiger partial charge in [-0.15, -0.1) is 0 Å². The van der Waals surface area contributed by atoms with Gasteiger partial charge in [0.15, 0.2) is 11.6 Å². The lowest BCUT2D eigenvalue weighted by molar-refractivity contribution is 0.415. The molecule has 1 aromatic carbocycles. The third-order valence-corrected chi connectivity index (χ3v) is 4.21. The van der Waals surface area contributed by atoms with Crippen molar-refractivity contribution in [3.63, 3.8) is 0 Å². The summed E-state index contributed by atoms with van der Waals surface area (Å²) in [6.07, 6.45) is 5.99. The van der Waals surface area contributed by atoms with Crippen LogP contribution in [0.15, 0.2) is 30.6 Å². The van der Waals surface area contributed by atoms with Crippen LogP contribution in [-0.2, 0) is 12.8 Å². The average Bonchev–Trinajstić information content (AvgIpc) is 3.05. The van der Waals surface area contributed by atoms with E-state index in [1.54, 1.807) is 7.11 Å². The Labute approximate surface area is 139 Å². The molecule has 2 heterocycles. The Balaban J connectivity index is 1.59. The minimum Gasteiger partial charge on any atom is -0.497 e. The molecule has 0 atom stereocenters. The molecule has 1 aliphatic rings. The highest BCUT2D eigenvalue weighted by atomic mass is 16.5. The Hall–Kier alpha value is -2.96. The number of aromatic amines is 1. The highest BCUT2D eigenvalue weighted by Crippen LogP contribution is 2.27. The van der Waals surface area contributed by atoms with Gasteiger partial charge in [0.1, 0.15) is 12.1 Å². The van der Waals surface area contributed by atoms with Crippen molar-refractivity contribution in [2.24, 2.45) is 0 Å². The molecule has 1 aliphatic carbocycles. The number of rotatable bonds is 4. The average molecular weight is 322 g/mol. The van der Waals surface area contributed by atoms with E-state index in [0.717, 1.165) is 30.0 Å². The van der Waals surface area contributed by atoms with Gasteiger partial charge in [0.05, 0.1) is 7.11 Å². The normalized spacial score (nSPS) is 13.4. The summed E-state index contributed by atoms with van der Waals surface area (Å²) in [4.78, 5) is 13.0. The number of benzene rings is 1. The van der Waals surface area contributed by atoms with Crippen LogP contribution in [0.3, 0.4) is 0 Å². The lowest BCUT2D eigenvalue weighted by Crippen LogP contribution is -2.05. The first-order valence-electron chi connectivity index (χ1n) is 8.00. The van der Waals surface area contributed by atoms with Gasteiger partial charge in [-0.25, -0.2) is 9.97 Å². The zero-order valence-electron chi connectivity index (χ0n) is 13.4. The van der Waals surface area contributed by atoms with Crippen LogP contribution in [0.4, 0.5) is 11.8 Å². The van der Waals surface area contributed by atoms with Gasteiger partial charge in [-0.2, -0.15) is 10.1 Å². The van der Waals surface area contributed by atoms with Crippen LogP contribution in [0.5, 0.6) is 5.75 Å². The van der Waals surface area contributed by atoms with Gasteiger partial charge in [-0.1, -0.05) is 0 Å². The number of nitrogens with zero attached hydrogens (tertiary/aromatic N) is 4. The lowest BCUT2D eigenvalue weighted by atomic mass is 9.98. The van der Waals surface area contributed by atoms with E-state index in [1.807, 2.05) is 24.3 Å². The summed E-state index contributed by atoms with van der Waals surface area (Å²) in [6.45, 7) is 0. The maximum absolute atomic E-state index is 5.17. The fourth-order valence-corrected chi connectivity index (χ4v) is 2.93. The molecular formula is C17H18N6O. The van der Waals surface area contributed by atoms with Crippen LogP contribution >= 0.6 is 0 Å². The minimum atomic E-state index is 0.496. The molecule has 2 aromatic heterocycles. The van der Waals surface area contributed by atoms with E-state index in [2.05, 4.69) is 30.5 Å². The summed E-state index contributed by atoms with van der Waals surface area (Å²) in [5, 5.41) is 10.7. The Morgan fingerprint density at radius 1 is 1.08 bits per heavy atom. The molecular weight excluding hydrogens is 304 g/mol. The monoisotopic (exact) mass is 322 g/mol. The van der Waals surface area contributed by atoms with Crippen molar-refractivity contribution in [3.8, 4) is 17.1 Å². The zero-order valence-corrected chi connectivity index (χ0v) is 13.4. The molecule has 122 valence electrons. The van der Waals surface area contributed by atoms with Gasteiger partial charge in [-0.05, 0) is 49.9 Å². The summed E-state index contributed by atoms with van der Waals surface area (Å²) in [5.41, 5.74) is 3.37. The van der Waals surface area contributed by atoms with E-state index in [-0.39, 0.29) is 0 Å². The molecule has 3 aromatic rings. The van der Waals surface area contributed by atoms with Crippen LogP contribution in [0.25, 0.3) is 11.4 Å². The van der Waals surface area contributed by atoms with E-state index in [9.17, 15) is 0 Å². The molecule has 24 heavy (non-hydrogen) atoms. The third kappa shape index (κ3) is 2.80. The number of aryl methyl sites for hydroxylation is 1. The number of nitrogens with one attached hydrogen (secondary N) is 2. The van der Waals surface area contributed by atoms with Gasteiger partial charge in [-0.3, -0.25) is 5.10 Å². The Bertz CT molecular complexity index is 843. The van der Waals surface area contributed by atoms with Gasteiger partial charge >= 0.3 is 0 Å². The predicted molar refractivity (Wildman–Crippen MR) is 90.3 cm³/mol. The van der Waals surface area contributed by atoms with Crippen molar-refractivity contribution >= 4 is 11.8 Å². The molecule has 7 heteroatoms. The first-order chi connectivity index (χ1) is 11.8. The number of anilines is 2. The summed E-state index contributed by atoms with van der Waals surface area (Å²) in [6, 6.07) is 7.62. The summed E-state index contributed by atoms with van der Waals surface area (Å²) < 4.78 is 5.17. The standard InChI is InChI=1S/C17H18N6O/c1-24-12-8-6-11(7-9-12)15-18-10-19-17(20-15)21-16-13-4-2-3-5-14(13)22-23-16/h6-10H,2-5H2,1H3,(H2,18,19,20,21,22,23). The first kappa shape index (κ1) is 14.6. The van der Waals surface area contributed by atoms with Crippen LogP contribution in [0.2, 0.25) is 0 Å². The van der Waals surface area contributed by atoms with Gasteiger partial charge in [0, 0.05) is 16.8 Å². The maximum Gasteiger partial charge on any atom is 0.231 e. The predicted octanol–water partition coefficient (Wildman–Crippen LogP) is 2.89. The van der Waals surface area contributed by atoms with Crippen molar-refractivity contribution < 1.29 is 4.74 Å². The fourth-order valence-electron chi connectivity index (χ4n) is 2.93. The number of hydrogen-bond donors (Lipinski definition) is 2. The highest BCUT2D eigenvalue weighted by Gasteiger charge is 2.17. The molecule has 0 unspecified atom stereocenters. The number of methoxy groups -OCH3 is 1. The Kier molecular flexibility index (Phi) is 3.82. The minimum absolute atomic E-state index is 0.496. The second kappa shape index (κ2) is 6.27. The number of fused-ring (bicyclic) bond motifs is 1. The van der Waals surface area contributed by atoms with Gasteiger partial charge in [0.25, 0.3) is 0 Å². The second-order valence-electron chi connectivity index (χ2n) is 5.72. The van der Waals surface area contributed by atoms with Crippen LogP contribution in [0, 0.1) is 0 Å². The van der Waals surface area contributed by atoms with E-state index in [4.69, 9.17) is 4.74 Å². The molecule has 7 nitrogen and oxygen atoms in total. The molecule has 0 radical (unpaired) electrons. The van der Waals surface area contributed by atoms with Crippen molar-refractivity contribution in [2.75, 3.05) is 12.4 Å². The van der Waals surface area contributed by atoms with E-state index < -0.39 is 0 Å². The molecule has 0 saturated carbocycles. The van der Waals surface area contributed by atoms with Crippen molar-refractivity contribution in [2.45, 2.75) is 25.7 Å². The van der Waals surface area contributed by atoms with E-state index in [1.165, 1.54) is 30.4 Å². The molecule has 4 rings (SSSR count). The van der Waals surface area contributed by atoms with E-state index in [0.29, 0.717) is 11.8 Å². The topological polar surface area (TPSA) is 88.6 Å². The largest absolute Gasteiger partial charge is 0.497 e. The van der Waals surface area contributed by atoms with E-state index >= 15 is 0 Å². The quantitative estimate of drug-likeness (QED) is 0.768. The maximum atomic E-state index is 5.17. The van der Waals surface area contributed by atoms with Crippen LogP contribution in [-0.4, -0.2) is 32.3 Å². The molecule has 0 saturated heterocycles. The molecule has 0 aliphatic heterocycles. The van der Waals surface area contributed by atoms with Crippen LogP contribution in [0.1, 0.15) is 24.1 Å². The number of hydrogen-bond acceptors (Lipinski definition) is 6. The SMILES string of the molecule is COc1ccc(-c2ncnc(Nc3n[nH]c4c3CCCC4)n2)cc1. The lowest BCUT2D eigenvalue weighted by Gasteiger charge is -2.11. The smallest absolute Gasteiger partial charge is 0.231 e. The summed E-state index contributed by atoms with van der Waals surface area (Å²) in [7, 11) is 1.64. The van der Waals surface area contributed by atoms with Crippen molar-refractivity contribution in [3.05, 3.63) is 41.9 Å². The number of aromatic nitrogens is 5. The summed E-state index contributed by atoms with van der Waals surface area (Å²) >= 11 is 0. The molecule has 0 fully saturated rings. The third-order valence-electron chi connectivity index (χ3n) is 4.21. The molecule has 0 spiro atoms.